The van der Waals surface area contributed by atoms with Crippen molar-refractivity contribution in [1.29, 1.82) is 0 Å². The molecule has 6 nitrogen and oxygen atoms in total. The first-order valence-corrected chi connectivity index (χ1v) is 13.3. The van der Waals surface area contributed by atoms with Crippen LogP contribution in [0.4, 0.5) is 0 Å². The van der Waals surface area contributed by atoms with E-state index in [4.69, 9.17) is 4.74 Å². The van der Waals surface area contributed by atoms with Gasteiger partial charge in [0.25, 0.3) is 5.91 Å². The second kappa shape index (κ2) is 11.2. The molecule has 0 radical (unpaired) electrons. The zero-order chi connectivity index (χ0) is 25.8. The third kappa shape index (κ3) is 5.68. The quantitative estimate of drug-likeness (QED) is 0.496. The normalized spacial score (nSPS) is 19.1. The Bertz CT molecular complexity index is 1250. The number of carbonyl (C=O) groups is 2. The molecule has 6 heterocycles. The number of rotatable bonds is 2. The molecule has 2 atom stereocenters. The molecule has 8 rings (SSSR count). The van der Waals surface area contributed by atoms with Gasteiger partial charge in [0.05, 0.1) is 12.5 Å². The van der Waals surface area contributed by atoms with Crippen LogP contribution in [-0.2, 0) is 24.2 Å². The molecule has 2 aromatic carbocycles. The Labute approximate surface area is 218 Å². The highest BCUT2D eigenvalue weighted by Crippen LogP contribution is 2.35. The maximum atomic E-state index is 13.3. The van der Waals surface area contributed by atoms with Crippen LogP contribution >= 0.6 is 0 Å². The van der Waals surface area contributed by atoms with Crippen LogP contribution in [0.5, 0.6) is 5.88 Å². The number of benzene rings is 2. The molecule has 0 unspecified atom stereocenters. The number of nitrogens with zero attached hydrogens (tertiary/aromatic N) is 2. The molecule has 192 valence electrons. The van der Waals surface area contributed by atoms with Crippen LogP contribution in [-0.4, -0.2) is 40.0 Å². The number of carboxylic acids is 1. The van der Waals surface area contributed by atoms with Gasteiger partial charge in [-0.1, -0.05) is 56.2 Å². The van der Waals surface area contributed by atoms with Gasteiger partial charge < -0.3 is 14.7 Å². The Kier molecular flexibility index (Phi) is 7.54. The smallest absolute Gasteiger partial charge is 0.307 e. The van der Waals surface area contributed by atoms with Crippen molar-refractivity contribution < 1.29 is 19.4 Å². The van der Waals surface area contributed by atoms with Crippen molar-refractivity contribution in [1.82, 2.24) is 9.88 Å². The second-order valence-corrected chi connectivity index (χ2v) is 10.2. The van der Waals surface area contributed by atoms with Crippen molar-refractivity contribution in [3.8, 4) is 5.88 Å². The number of pyridine rings is 1. The average molecular weight is 499 g/mol. The molecule has 0 spiro atoms. The van der Waals surface area contributed by atoms with Gasteiger partial charge in [0.1, 0.15) is 0 Å². The maximum Gasteiger partial charge on any atom is 0.307 e. The van der Waals surface area contributed by atoms with Crippen molar-refractivity contribution in [2.24, 2.45) is 5.92 Å². The summed E-state index contributed by atoms with van der Waals surface area (Å²) in [6.07, 6.45) is 7.80. The molecule has 0 aliphatic carbocycles. The highest BCUT2D eigenvalue weighted by atomic mass is 16.5. The fraction of sp³-hybridized carbons (Fsp3) is 0.387. The van der Waals surface area contributed by atoms with Crippen LogP contribution in [0.1, 0.15) is 76.7 Å². The second-order valence-electron chi connectivity index (χ2n) is 10.2. The van der Waals surface area contributed by atoms with Crippen molar-refractivity contribution >= 4 is 11.9 Å². The Morgan fingerprint density at radius 1 is 0.973 bits per heavy atom. The minimum absolute atomic E-state index is 0.0417. The fourth-order valence-corrected chi connectivity index (χ4v) is 5.48. The molecule has 37 heavy (non-hydrogen) atoms. The number of amides is 1. The Balaban J connectivity index is 1.49. The number of carboxylic acid groups (broad SMARTS) is 1. The van der Waals surface area contributed by atoms with E-state index in [2.05, 4.69) is 29.2 Å². The van der Waals surface area contributed by atoms with Crippen LogP contribution in [0.15, 0.2) is 60.8 Å². The Hall–Kier alpha value is -3.67. The van der Waals surface area contributed by atoms with Crippen LogP contribution in [0, 0.1) is 5.92 Å². The number of aromatic nitrogens is 1. The maximum absolute atomic E-state index is 13.3. The van der Waals surface area contributed by atoms with E-state index in [-0.39, 0.29) is 11.8 Å². The summed E-state index contributed by atoms with van der Waals surface area (Å²) in [5, 5.41) is 9.90. The van der Waals surface area contributed by atoms with Gasteiger partial charge in [-0.25, -0.2) is 4.98 Å². The lowest BCUT2D eigenvalue weighted by Crippen LogP contribution is -2.36. The fourth-order valence-electron chi connectivity index (χ4n) is 5.48. The van der Waals surface area contributed by atoms with E-state index >= 15 is 0 Å². The molecule has 0 fully saturated rings. The molecule has 1 N–H and O–H groups in total. The zero-order valence-corrected chi connectivity index (χ0v) is 21.4. The molecular weight excluding hydrogens is 464 g/mol. The van der Waals surface area contributed by atoms with E-state index < -0.39 is 11.9 Å². The molecule has 1 aromatic heterocycles. The van der Waals surface area contributed by atoms with Crippen molar-refractivity contribution in [3.05, 3.63) is 94.2 Å². The van der Waals surface area contributed by atoms with Crippen molar-refractivity contribution in [3.63, 3.8) is 0 Å². The summed E-state index contributed by atoms with van der Waals surface area (Å²) < 4.78 is 5.86. The summed E-state index contributed by atoms with van der Waals surface area (Å²) in [6.45, 7) is 3.54. The number of aryl methyl sites for hydroxylation is 1. The highest BCUT2D eigenvalue weighted by Gasteiger charge is 2.29. The number of hydrogen-bond donors (Lipinski definition) is 1. The predicted molar refractivity (Wildman–Crippen MR) is 142 cm³/mol. The molecule has 0 saturated carbocycles. The Morgan fingerprint density at radius 2 is 1.76 bits per heavy atom. The van der Waals surface area contributed by atoms with E-state index in [1.165, 1.54) is 11.1 Å². The van der Waals surface area contributed by atoms with Crippen LogP contribution in [0.25, 0.3) is 0 Å². The summed E-state index contributed by atoms with van der Waals surface area (Å²) >= 11 is 0. The summed E-state index contributed by atoms with van der Waals surface area (Å²) in [7, 11) is 0. The molecule has 1 amide bonds. The lowest BCUT2D eigenvalue weighted by Gasteiger charge is -2.30. The largest absolute Gasteiger partial charge is 0.481 e. The van der Waals surface area contributed by atoms with Gasteiger partial charge >= 0.3 is 5.97 Å². The first kappa shape index (κ1) is 25.0. The minimum atomic E-state index is -0.857. The van der Waals surface area contributed by atoms with Crippen LogP contribution in [0.3, 0.4) is 0 Å². The highest BCUT2D eigenvalue weighted by molar-refractivity contribution is 5.94. The minimum Gasteiger partial charge on any atom is -0.481 e. The number of ether oxygens (including phenoxy) is 1. The third-order valence-corrected chi connectivity index (χ3v) is 7.71. The van der Waals surface area contributed by atoms with E-state index in [1.54, 1.807) is 13.1 Å². The van der Waals surface area contributed by atoms with Gasteiger partial charge in [-0.05, 0) is 65.6 Å². The summed E-state index contributed by atoms with van der Waals surface area (Å²) in [6, 6.07) is 18.0. The van der Waals surface area contributed by atoms with Gasteiger partial charge in [-0.2, -0.15) is 0 Å². The molecule has 7 bridgehead atoms. The molecule has 3 aromatic rings. The number of aliphatic carboxylic acids is 1. The standard InChI is InChI=1S/C31H34N2O4/c1-21(31(35)36)29-25-12-11-23-15-16-33(20-27(23)18-25)30(34)24-9-7-22(8-10-24)6-4-2-3-5-17-37-28-14-13-26(29)19-32-28/h7-14,18-19,21,29H,2-6,15-17,20H2,1H3,(H,35,36)/t21-,29-/m0/s1. The molecule has 0 saturated heterocycles. The van der Waals surface area contributed by atoms with Crippen molar-refractivity contribution in [2.75, 3.05) is 13.2 Å². The van der Waals surface area contributed by atoms with Gasteiger partial charge in [0.2, 0.25) is 5.88 Å². The SMILES string of the molecule is C[C@H](C(=O)O)[C@@H]1c2ccc(nc2)OCCCCCCc2ccc(cc2)C(=O)N2CCc3ccc1cc3C2. The van der Waals surface area contributed by atoms with Gasteiger partial charge in [0.15, 0.2) is 0 Å². The van der Waals surface area contributed by atoms with E-state index in [0.717, 1.165) is 55.2 Å². The van der Waals surface area contributed by atoms with Crippen molar-refractivity contribution in [2.45, 2.75) is 57.9 Å². The first-order valence-electron chi connectivity index (χ1n) is 13.3. The van der Waals surface area contributed by atoms with E-state index in [1.807, 2.05) is 35.2 Å². The lowest BCUT2D eigenvalue weighted by molar-refractivity contribution is -0.141. The molecule has 5 aliphatic heterocycles. The summed E-state index contributed by atoms with van der Waals surface area (Å²) in [5.74, 6) is -1.25. The Morgan fingerprint density at radius 3 is 2.51 bits per heavy atom. The summed E-state index contributed by atoms with van der Waals surface area (Å²) in [5.41, 5.74) is 6.02. The van der Waals surface area contributed by atoms with Gasteiger partial charge in [-0.15, -0.1) is 0 Å². The monoisotopic (exact) mass is 498 g/mol. The zero-order valence-electron chi connectivity index (χ0n) is 21.4. The van der Waals surface area contributed by atoms with E-state index in [9.17, 15) is 14.7 Å². The van der Waals surface area contributed by atoms with Gasteiger partial charge in [0, 0.05) is 36.8 Å². The summed E-state index contributed by atoms with van der Waals surface area (Å²) in [4.78, 5) is 31.8. The topological polar surface area (TPSA) is 79.7 Å². The molecular formula is C31H34N2O4. The molecule has 6 heteroatoms. The van der Waals surface area contributed by atoms with Crippen LogP contribution in [0.2, 0.25) is 0 Å². The number of carbonyl (C=O) groups excluding carboxylic acids is 1. The average Bonchev–Trinajstić information content (AvgIpc) is 2.92. The lowest BCUT2D eigenvalue weighted by atomic mass is 9.80. The number of hydrogen-bond acceptors (Lipinski definition) is 4. The van der Waals surface area contributed by atoms with Crippen LogP contribution < -0.4 is 4.74 Å². The predicted octanol–water partition coefficient (Wildman–Crippen LogP) is 5.63. The molecule has 5 aliphatic rings. The third-order valence-electron chi connectivity index (χ3n) is 7.71. The van der Waals surface area contributed by atoms with E-state index in [0.29, 0.717) is 31.1 Å². The first-order chi connectivity index (χ1) is 18.0. The van der Waals surface area contributed by atoms with Gasteiger partial charge in [-0.3, -0.25) is 9.59 Å².